The number of guanidine groups is 1. The normalized spacial score (nSPS) is 19.8. The molecule has 0 radical (unpaired) electrons. The van der Waals surface area contributed by atoms with Crippen LogP contribution in [0.15, 0.2) is 4.99 Å². The van der Waals surface area contributed by atoms with Crippen LogP contribution in [-0.2, 0) is 9.53 Å². The Bertz CT molecular complexity index is 400. The molecule has 6 nitrogen and oxygen atoms in total. The Morgan fingerprint density at radius 2 is 1.79 bits per heavy atom. The molecule has 1 amide bonds. The summed E-state index contributed by atoms with van der Waals surface area (Å²) in [5, 5.41) is 3.38. The summed E-state index contributed by atoms with van der Waals surface area (Å²) in [4.78, 5) is 20.0. The Hall–Kier alpha value is -0.820. The van der Waals surface area contributed by atoms with E-state index in [2.05, 4.69) is 15.2 Å². The lowest BCUT2D eigenvalue weighted by Crippen LogP contribution is -2.44. The summed E-state index contributed by atoms with van der Waals surface area (Å²) in [5.41, 5.74) is 0. The number of nitrogens with zero attached hydrogens (tertiary/aromatic N) is 3. The number of halogens is 1. The van der Waals surface area contributed by atoms with Gasteiger partial charge in [0.2, 0.25) is 5.91 Å². The van der Waals surface area contributed by atoms with Gasteiger partial charge in [-0.15, -0.1) is 17.0 Å². The summed E-state index contributed by atoms with van der Waals surface area (Å²) >= 11 is 0. The van der Waals surface area contributed by atoms with Gasteiger partial charge in [-0.3, -0.25) is 9.79 Å². The second-order valence-electron chi connectivity index (χ2n) is 6.55. The van der Waals surface area contributed by atoms with Crippen LogP contribution in [0.3, 0.4) is 0 Å². The molecule has 1 heterocycles. The third-order valence-corrected chi connectivity index (χ3v) is 4.81. The van der Waals surface area contributed by atoms with Crippen LogP contribution >= 0.6 is 17.0 Å². The van der Waals surface area contributed by atoms with Crippen LogP contribution in [0.4, 0.5) is 0 Å². The van der Waals surface area contributed by atoms with Crippen LogP contribution in [0.1, 0.15) is 39.0 Å². The molecule has 0 aromatic heterocycles. The fourth-order valence-corrected chi connectivity index (χ4v) is 3.44. The lowest BCUT2D eigenvalue weighted by Gasteiger charge is -2.25. The van der Waals surface area contributed by atoms with E-state index in [-0.39, 0.29) is 22.9 Å². The monoisotopic (exact) mass is 404 g/mol. The molecule has 0 atom stereocenters. The first-order valence-electron chi connectivity index (χ1n) is 8.99. The average Bonchev–Trinajstić information content (AvgIpc) is 2.93. The van der Waals surface area contributed by atoms with Crippen LogP contribution < -0.4 is 5.32 Å². The highest BCUT2D eigenvalue weighted by Gasteiger charge is 2.19. The lowest BCUT2D eigenvalue weighted by atomic mass is 10.1. The van der Waals surface area contributed by atoms with Crippen molar-refractivity contribution in [3.8, 4) is 0 Å². The third-order valence-electron chi connectivity index (χ3n) is 4.81. The molecule has 2 rings (SSSR count). The van der Waals surface area contributed by atoms with Gasteiger partial charge in [0.1, 0.15) is 0 Å². The third kappa shape index (κ3) is 6.97. The zero-order valence-electron chi connectivity index (χ0n) is 15.1. The largest absolute Gasteiger partial charge is 0.379 e. The first-order valence-corrected chi connectivity index (χ1v) is 8.99. The molecule has 0 aromatic carbocycles. The van der Waals surface area contributed by atoms with Crippen LogP contribution in [-0.4, -0.2) is 74.7 Å². The van der Waals surface area contributed by atoms with Gasteiger partial charge in [0, 0.05) is 53.3 Å². The van der Waals surface area contributed by atoms with Crippen LogP contribution in [0.25, 0.3) is 0 Å². The number of nitrogens with one attached hydrogen (secondary N) is 1. The molecular formula is C17H33BrN4O2. The molecule has 0 bridgehead atoms. The minimum atomic E-state index is 0. The van der Waals surface area contributed by atoms with Crippen molar-refractivity contribution in [2.45, 2.75) is 39.0 Å². The molecule has 1 saturated heterocycles. The molecule has 1 N–H and O–H groups in total. The first kappa shape index (κ1) is 21.2. The highest BCUT2D eigenvalue weighted by molar-refractivity contribution is 8.93. The number of hydrogen-bond acceptors (Lipinski definition) is 3. The van der Waals surface area contributed by atoms with Crippen molar-refractivity contribution < 1.29 is 9.53 Å². The minimum Gasteiger partial charge on any atom is -0.379 e. The van der Waals surface area contributed by atoms with Gasteiger partial charge in [-0.25, -0.2) is 0 Å². The number of rotatable bonds is 5. The van der Waals surface area contributed by atoms with E-state index in [0.29, 0.717) is 0 Å². The summed E-state index contributed by atoms with van der Waals surface area (Å²) in [7, 11) is 1.81. The molecule has 1 aliphatic heterocycles. The molecule has 2 fully saturated rings. The summed E-state index contributed by atoms with van der Waals surface area (Å²) < 4.78 is 5.78. The van der Waals surface area contributed by atoms with Gasteiger partial charge in [0.25, 0.3) is 0 Å². The van der Waals surface area contributed by atoms with Crippen molar-refractivity contribution in [3.05, 3.63) is 0 Å². The molecule has 24 heavy (non-hydrogen) atoms. The molecule has 2 aliphatic rings. The van der Waals surface area contributed by atoms with Crippen molar-refractivity contribution >= 4 is 28.8 Å². The fraction of sp³-hybridized carbons (Fsp3) is 0.882. The van der Waals surface area contributed by atoms with E-state index < -0.39 is 0 Å². The smallest absolute Gasteiger partial charge is 0.219 e. The van der Waals surface area contributed by atoms with Gasteiger partial charge in [-0.1, -0.05) is 12.8 Å². The van der Waals surface area contributed by atoms with Gasteiger partial charge >= 0.3 is 0 Å². The number of hydrogen-bond donors (Lipinski definition) is 1. The van der Waals surface area contributed by atoms with E-state index in [1.165, 1.54) is 25.7 Å². The Morgan fingerprint density at radius 1 is 1.12 bits per heavy atom. The molecule has 0 unspecified atom stereocenters. The molecule has 0 spiro atoms. The Morgan fingerprint density at radius 3 is 2.46 bits per heavy atom. The molecule has 140 valence electrons. The summed E-state index contributed by atoms with van der Waals surface area (Å²) in [6.45, 7) is 7.44. The molecule has 1 aliphatic carbocycles. The van der Waals surface area contributed by atoms with E-state index in [9.17, 15) is 4.79 Å². The molecule has 0 aromatic rings. The summed E-state index contributed by atoms with van der Waals surface area (Å²) in [5.74, 6) is 1.85. The van der Waals surface area contributed by atoms with Gasteiger partial charge in [-0.05, 0) is 25.2 Å². The predicted molar refractivity (Wildman–Crippen MR) is 103 cm³/mol. The molecular weight excluding hydrogens is 372 g/mol. The summed E-state index contributed by atoms with van der Waals surface area (Å²) in [6, 6.07) is 0. The van der Waals surface area contributed by atoms with Crippen molar-refractivity contribution in [3.63, 3.8) is 0 Å². The number of ether oxygens (including phenoxy) is 1. The van der Waals surface area contributed by atoms with E-state index in [1.54, 1.807) is 6.92 Å². The number of amides is 1. The van der Waals surface area contributed by atoms with E-state index in [1.807, 2.05) is 11.9 Å². The number of carbonyl (C=O) groups excluding carboxylic acids is 1. The Kier molecular flexibility index (Phi) is 10.3. The van der Waals surface area contributed by atoms with E-state index in [0.717, 1.165) is 64.2 Å². The Balaban J connectivity index is 0.00000288. The van der Waals surface area contributed by atoms with Crippen molar-refractivity contribution in [1.82, 2.24) is 15.1 Å². The van der Waals surface area contributed by atoms with Gasteiger partial charge in [0.05, 0.1) is 6.61 Å². The van der Waals surface area contributed by atoms with Gasteiger partial charge < -0.3 is 19.9 Å². The minimum absolute atomic E-state index is 0. The topological polar surface area (TPSA) is 57.2 Å². The van der Waals surface area contributed by atoms with Crippen molar-refractivity contribution in [1.29, 1.82) is 0 Å². The lowest BCUT2D eigenvalue weighted by molar-refractivity contribution is -0.128. The maximum Gasteiger partial charge on any atom is 0.219 e. The van der Waals surface area contributed by atoms with Crippen LogP contribution in [0.2, 0.25) is 0 Å². The maximum absolute atomic E-state index is 11.5. The van der Waals surface area contributed by atoms with Gasteiger partial charge in [-0.2, -0.15) is 0 Å². The van der Waals surface area contributed by atoms with Crippen molar-refractivity contribution in [2.75, 3.05) is 53.0 Å². The second-order valence-corrected chi connectivity index (χ2v) is 6.55. The standard InChI is InChI=1S/C17H32N4O2.BrH/c1-15(22)20-9-5-10-21(12-11-20)17(18-2)19-8-13-23-14-16-6-3-4-7-16;/h16H,3-14H2,1-2H3,(H,18,19);1H. The maximum atomic E-state index is 11.5. The fourth-order valence-electron chi connectivity index (χ4n) is 3.44. The predicted octanol–water partition coefficient (Wildman–Crippen LogP) is 1.90. The van der Waals surface area contributed by atoms with Crippen molar-refractivity contribution in [2.24, 2.45) is 10.9 Å². The second kappa shape index (κ2) is 11.7. The first-order chi connectivity index (χ1) is 11.2. The average molecular weight is 405 g/mol. The quantitative estimate of drug-likeness (QED) is 0.431. The molecule has 7 heteroatoms. The number of aliphatic imine (C=N–C) groups is 1. The van der Waals surface area contributed by atoms with Gasteiger partial charge in [0.15, 0.2) is 5.96 Å². The highest BCUT2D eigenvalue weighted by atomic mass is 79.9. The zero-order chi connectivity index (χ0) is 16.5. The zero-order valence-corrected chi connectivity index (χ0v) is 16.8. The number of carbonyl (C=O) groups is 1. The van der Waals surface area contributed by atoms with E-state index in [4.69, 9.17) is 4.74 Å². The van der Waals surface area contributed by atoms with E-state index >= 15 is 0 Å². The summed E-state index contributed by atoms with van der Waals surface area (Å²) in [6.07, 6.45) is 6.37. The highest BCUT2D eigenvalue weighted by Crippen LogP contribution is 2.24. The Labute approximate surface area is 156 Å². The molecule has 1 saturated carbocycles. The SMILES string of the molecule is Br.CN=C(NCCOCC1CCCC1)N1CCCN(C(C)=O)CC1. The van der Waals surface area contributed by atoms with Crippen LogP contribution in [0.5, 0.6) is 0 Å². The van der Waals surface area contributed by atoms with Crippen LogP contribution in [0, 0.1) is 5.92 Å².